The average Bonchev–Trinajstić information content (AvgIpc) is 2.16. The van der Waals surface area contributed by atoms with E-state index >= 15 is 0 Å². The summed E-state index contributed by atoms with van der Waals surface area (Å²) in [6.45, 7) is 8.83. The van der Waals surface area contributed by atoms with Crippen molar-refractivity contribution in [3.05, 3.63) is 0 Å². The standard InChI is InChI=1S/C11H24N2O2S.ClH/c1-9(8-12-5)10(14)13-6-7-16(15)11(2,3)4;/h9,12H,6-8H2,1-5H3,(H,13,14);1H. The van der Waals surface area contributed by atoms with E-state index in [2.05, 4.69) is 10.6 Å². The van der Waals surface area contributed by atoms with Gasteiger partial charge in [-0.15, -0.1) is 12.4 Å². The van der Waals surface area contributed by atoms with Crippen molar-refractivity contribution < 1.29 is 9.00 Å². The van der Waals surface area contributed by atoms with Crippen molar-refractivity contribution >= 4 is 29.1 Å². The number of rotatable bonds is 6. The second-order valence-electron chi connectivity index (χ2n) is 4.91. The molecular weight excluding hydrogens is 260 g/mol. The first-order valence-electron chi connectivity index (χ1n) is 5.59. The van der Waals surface area contributed by atoms with E-state index in [1.807, 2.05) is 34.7 Å². The summed E-state index contributed by atoms with van der Waals surface area (Å²) in [6.07, 6.45) is 0. The predicted molar refractivity (Wildman–Crippen MR) is 76.1 cm³/mol. The van der Waals surface area contributed by atoms with Gasteiger partial charge in [0.05, 0.1) is 0 Å². The first kappa shape index (κ1) is 19.2. The van der Waals surface area contributed by atoms with Gasteiger partial charge >= 0.3 is 0 Å². The monoisotopic (exact) mass is 284 g/mol. The summed E-state index contributed by atoms with van der Waals surface area (Å²) >= 11 is 0. The summed E-state index contributed by atoms with van der Waals surface area (Å²) in [4.78, 5) is 11.5. The van der Waals surface area contributed by atoms with Gasteiger partial charge in [-0.05, 0) is 27.8 Å². The quantitative estimate of drug-likeness (QED) is 0.763. The highest BCUT2D eigenvalue weighted by molar-refractivity contribution is 7.86. The molecule has 2 atom stereocenters. The van der Waals surface area contributed by atoms with Gasteiger partial charge in [-0.3, -0.25) is 9.00 Å². The third-order valence-electron chi connectivity index (χ3n) is 2.23. The number of nitrogens with one attached hydrogen (secondary N) is 2. The molecule has 104 valence electrons. The summed E-state index contributed by atoms with van der Waals surface area (Å²) in [5.74, 6) is 0.481. The Labute approximate surface area is 113 Å². The lowest BCUT2D eigenvalue weighted by Gasteiger charge is -2.18. The number of carbonyl (C=O) groups is 1. The second kappa shape index (κ2) is 8.89. The van der Waals surface area contributed by atoms with Crippen molar-refractivity contribution in [2.75, 3.05) is 25.9 Å². The Bertz CT molecular complexity index is 254. The molecule has 0 aromatic heterocycles. The molecule has 0 radical (unpaired) electrons. The lowest BCUT2D eigenvalue weighted by Crippen LogP contribution is -2.37. The van der Waals surface area contributed by atoms with Crippen LogP contribution in [0.1, 0.15) is 27.7 Å². The third kappa shape index (κ3) is 8.57. The van der Waals surface area contributed by atoms with Crippen LogP contribution < -0.4 is 10.6 Å². The number of hydrogen-bond donors (Lipinski definition) is 2. The van der Waals surface area contributed by atoms with Crippen LogP contribution in [0.25, 0.3) is 0 Å². The van der Waals surface area contributed by atoms with E-state index in [1.165, 1.54) is 0 Å². The zero-order valence-corrected chi connectivity index (χ0v) is 13.0. The Hall–Kier alpha value is -0.130. The molecule has 6 heteroatoms. The van der Waals surface area contributed by atoms with Crippen LogP contribution in [0.15, 0.2) is 0 Å². The van der Waals surface area contributed by atoms with Gasteiger partial charge in [-0.1, -0.05) is 6.92 Å². The molecule has 17 heavy (non-hydrogen) atoms. The lowest BCUT2D eigenvalue weighted by molar-refractivity contribution is -0.124. The number of hydrogen-bond acceptors (Lipinski definition) is 3. The Morgan fingerprint density at radius 3 is 2.29 bits per heavy atom. The zero-order valence-electron chi connectivity index (χ0n) is 11.3. The molecule has 1 amide bonds. The highest BCUT2D eigenvalue weighted by Crippen LogP contribution is 2.10. The maximum absolute atomic E-state index is 11.7. The minimum absolute atomic E-state index is 0. The van der Waals surface area contributed by atoms with Crippen molar-refractivity contribution in [3.63, 3.8) is 0 Å². The normalized spacial score (nSPS) is 14.6. The second-order valence-corrected chi connectivity index (χ2v) is 7.24. The fourth-order valence-electron chi connectivity index (χ4n) is 1.15. The molecule has 0 saturated heterocycles. The van der Waals surface area contributed by atoms with Gasteiger partial charge in [0, 0.05) is 40.3 Å². The van der Waals surface area contributed by atoms with Crippen LogP contribution in [-0.2, 0) is 15.6 Å². The summed E-state index contributed by atoms with van der Waals surface area (Å²) in [7, 11) is 0.917. The molecule has 0 saturated carbocycles. The first-order valence-corrected chi connectivity index (χ1v) is 6.91. The summed E-state index contributed by atoms with van der Waals surface area (Å²) in [5.41, 5.74) is 0. The summed E-state index contributed by atoms with van der Waals surface area (Å²) < 4.78 is 11.5. The lowest BCUT2D eigenvalue weighted by atomic mass is 10.1. The van der Waals surface area contributed by atoms with Gasteiger partial charge in [0.1, 0.15) is 0 Å². The van der Waals surface area contributed by atoms with Crippen LogP contribution in [0.3, 0.4) is 0 Å². The first-order chi connectivity index (χ1) is 7.29. The van der Waals surface area contributed by atoms with Crippen molar-refractivity contribution in [2.45, 2.75) is 32.4 Å². The van der Waals surface area contributed by atoms with Crippen LogP contribution >= 0.6 is 12.4 Å². The molecule has 0 aliphatic heterocycles. The average molecular weight is 285 g/mol. The van der Waals surface area contributed by atoms with E-state index in [0.717, 1.165) is 0 Å². The van der Waals surface area contributed by atoms with Crippen LogP contribution in [0.2, 0.25) is 0 Å². The zero-order chi connectivity index (χ0) is 12.8. The Morgan fingerprint density at radius 2 is 1.88 bits per heavy atom. The maximum Gasteiger partial charge on any atom is 0.224 e. The van der Waals surface area contributed by atoms with E-state index < -0.39 is 10.8 Å². The summed E-state index contributed by atoms with van der Waals surface area (Å²) in [5, 5.41) is 5.75. The van der Waals surface area contributed by atoms with Gasteiger partial charge in [0.25, 0.3) is 0 Å². The summed E-state index contributed by atoms with van der Waals surface area (Å²) in [6, 6.07) is 0. The molecule has 0 spiro atoms. The van der Waals surface area contributed by atoms with Crippen molar-refractivity contribution in [2.24, 2.45) is 5.92 Å². The molecule has 0 aliphatic rings. The maximum atomic E-state index is 11.7. The largest absolute Gasteiger partial charge is 0.355 e. The van der Waals surface area contributed by atoms with Gasteiger partial charge < -0.3 is 10.6 Å². The molecule has 2 unspecified atom stereocenters. The molecule has 0 heterocycles. The van der Waals surface area contributed by atoms with Crippen LogP contribution in [0.4, 0.5) is 0 Å². The van der Waals surface area contributed by atoms with E-state index in [0.29, 0.717) is 18.8 Å². The minimum Gasteiger partial charge on any atom is -0.355 e. The van der Waals surface area contributed by atoms with Gasteiger partial charge in [0.2, 0.25) is 5.91 Å². The van der Waals surface area contributed by atoms with Gasteiger partial charge in [-0.25, -0.2) is 0 Å². The van der Waals surface area contributed by atoms with E-state index in [-0.39, 0.29) is 29.0 Å². The fourth-order valence-corrected chi connectivity index (χ4v) is 2.05. The van der Waals surface area contributed by atoms with Crippen molar-refractivity contribution in [3.8, 4) is 0 Å². The highest BCUT2D eigenvalue weighted by Gasteiger charge is 2.19. The smallest absolute Gasteiger partial charge is 0.224 e. The highest BCUT2D eigenvalue weighted by atomic mass is 35.5. The molecule has 0 rings (SSSR count). The SMILES string of the molecule is CNCC(C)C(=O)NCCS(=O)C(C)(C)C.Cl. The van der Waals surface area contributed by atoms with Crippen molar-refractivity contribution in [1.29, 1.82) is 0 Å². The number of carbonyl (C=O) groups excluding carboxylic acids is 1. The van der Waals surface area contributed by atoms with Crippen LogP contribution in [0, 0.1) is 5.92 Å². The van der Waals surface area contributed by atoms with Gasteiger partial charge in [0.15, 0.2) is 0 Å². The molecule has 2 N–H and O–H groups in total. The molecule has 4 nitrogen and oxygen atoms in total. The topological polar surface area (TPSA) is 58.2 Å². The molecule has 0 aromatic carbocycles. The Morgan fingerprint density at radius 1 is 1.35 bits per heavy atom. The van der Waals surface area contributed by atoms with Crippen LogP contribution in [0.5, 0.6) is 0 Å². The Balaban J connectivity index is 0. The fraction of sp³-hybridized carbons (Fsp3) is 0.909. The van der Waals surface area contributed by atoms with E-state index in [9.17, 15) is 9.00 Å². The van der Waals surface area contributed by atoms with Crippen LogP contribution in [-0.4, -0.2) is 40.8 Å². The number of amides is 1. The van der Waals surface area contributed by atoms with E-state index in [4.69, 9.17) is 0 Å². The number of halogens is 1. The van der Waals surface area contributed by atoms with Gasteiger partial charge in [-0.2, -0.15) is 0 Å². The Kier molecular flexibility index (Phi) is 10.0. The molecular formula is C11H25ClN2O2S. The molecule has 0 aliphatic carbocycles. The predicted octanol–water partition coefficient (Wildman–Crippen LogP) is 0.927. The molecule has 0 bridgehead atoms. The van der Waals surface area contributed by atoms with E-state index in [1.54, 1.807) is 0 Å². The third-order valence-corrected chi connectivity index (χ3v) is 4.17. The molecule has 0 fully saturated rings. The molecule has 0 aromatic rings. The minimum atomic E-state index is -0.901. The van der Waals surface area contributed by atoms with Crippen molar-refractivity contribution in [1.82, 2.24) is 10.6 Å².